The van der Waals surface area contributed by atoms with E-state index in [1.807, 2.05) is 0 Å². The number of ether oxygens (including phenoxy) is 2. The first kappa shape index (κ1) is 30.2. The fourth-order valence-corrected chi connectivity index (χ4v) is 5.28. The lowest BCUT2D eigenvalue weighted by molar-refractivity contribution is -0.154. The van der Waals surface area contributed by atoms with Gasteiger partial charge in [-0.1, -0.05) is 12.1 Å². The maximum Gasteiger partial charge on any atom is 0.416 e. The van der Waals surface area contributed by atoms with Crippen LogP contribution in [0.15, 0.2) is 47.4 Å². The van der Waals surface area contributed by atoms with Crippen molar-refractivity contribution in [2.24, 2.45) is 0 Å². The molecule has 0 saturated heterocycles. The summed E-state index contributed by atoms with van der Waals surface area (Å²) in [4.78, 5) is 29.2. The summed E-state index contributed by atoms with van der Waals surface area (Å²) in [5.41, 5.74) is 0.803. The van der Waals surface area contributed by atoms with Crippen molar-refractivity contribution >= 4 is 27.6 Å². The molecule has 1 atom stereocenters. The Morgan fingerprint density at radius 1 is 1.13 bits per heavy atom. The summed E-state index contributed by atoms with van der Waals surface area (Å²) in [6, 6.07) is 7.77. The van der Waals surface area contributed by atoms with Crippen LogP contribution < -0.4 is 14.5 Å². The molecule has 2 aromatic carbocycles. The lowest BCUT2D eigenvalue weighted by atomic mass is 10.1. The number of carbonyl (C=O) groups is 2. The van der Waals surface area contributed by atoms with Gasteiger partial charge in [-0.25, -0.2) is 13.9 Å². The molecule has 0 aliphatic carbocycles. The van der Waals surface area contributed by atoms with Crippen molar-refractivity contribution in [1.82, 2.24) is 5.48 Å². The number of halogens is 3. The Balaban J connectivity index is 2.00. The third kappa shape index (κ3) is 8.09. The summed E-state index contributed by atoms with van der Waals surface area (Å²) in [6.07, 6.45) is -6.51. The molecule has 0 bridgehead atoms. The monoisotopic (exact) mass is 572 g/mol. The molecule has 1 heterocycles. The number of hydrogen-bond donors (Lipinski definition) is 1. The van der Waals surface area contributed by atoms with Gasteiger partial charge in [-0.2, -0.15) is 13.2 Å². The molecule has 1 amide bonds. The summed E-state index contributed by atoms with van der Waals surface area (Å²) >= 11 is 0. The van der Waals surface area contributed by atoms with Crippen molar-refractivity contribution < 1.29 is 45.5 Å². The predicted octanol–water partition coefficient (Wildman–Crippen LogP) is 4.39. The molecule has 2 aromatic rings. The zero-order valence-corrected chi connectivity index (χ0v) is 23.0. The molecule has 0 unspecified atom stereocenters. The number of benzene rings is 2. The third-order valence-corrected chi connectivity index (χ3v) is 7.07. The van der Waals surface area contributed by atoms with E-state index in [2.05, 4.69) is 5.48 Å². The molecule has 3 rings (SSSR count). The highest BCUT2D eigenvalue weighted by Gasteiger charge is 2.38. The van der Waals surface area contributed by atoms with E-state index in [1.54, 1.807) is 40.7 Å². The SMILES string of the molecule is CC(C)ONC(=O)C[C@H]1CN(S(=O)(=O)c2cccc(C(F)(F)F)c2)c2cc(CC(=O)OC(C)(C)C)ccc2O1. The molecule has 0 saturated carbocycles. The molecule has 9 nitrogen and oxygen atoms in total. The topological polar surface area (TPSA) is 111 Å². The van der Waals surface area contributed by atoms with Crippen LogP contribution in [0.5, 0.6) is 5.75 Å². The Hall–Kier alpha value is -3.32. The van der Waals surface area contributed by atoms with Crippen LogP contribution in [0.3, 0.4) is 0 Å². The van der Waals surface area contributed by atoms with Gasteiger partial charge >= 0.3 is 12.1 Å². The minimum atomic E-state index is -4.76. The third-order valence-electron chi connectivity index (χ3n) is 5.29. The highest BCUT2D eigenvalue weighted by atomic mass is 32.2. The lowest BCUT2D eigenvalue weighted by Gasteiger charge is -2.35. The van der Waals surface area contributed by atoms with Crippen LogP contribution >= 0.6 is 0 Å². The first-order chi connectivity index (χ1) is 18.0. The maximum absolute atomic E-state index is 13.7. The number of sulfonamides is 1. The van der Waals surface area contributed by atoms with Crippen LogP contribution in [0, 0.1) is 0 Å². The van der Waals surface area contributed by atoms with E-state index in [9.17, 15) is 31.2 Å². The van der Waals surface area contributed by atoms with Crippen LogP contribution in [0.2, 0.25) is 0 Å². The van der Waals surface area contributed by atoms with Gasteiger partial charge in [0.15, 0.2) is 0 Å². The Labute approximate surface area is 225 Å². The van der Waals surface area contributed by atoms with E-state index in [-0.39, 0.29) is 36.9 Å². The van der Waals surface area contributed by atoms with E-state index >= 15 is 0 Å². The normalized spacial score (nSPS) is 15.9. The van der Waals surface area contributed by atoms with Gasteiger partial charge in [0.25, 0.3) is 10.0 Å². The second-order valence-corrected chi connectivity index (χ2v) is 12.1. The number of nitrogens with one attached hydrogen (secondary N) is 1. The Kier molecular flexibility index (Phi) is 8.85. The second-order valence-electron chi connectivity index (χ2n) is 10.3. The summed E-state index contributed by atoms with van der Waals surface area (Å²) in [7, 11) is -4.55. The summed E-state index contributed by atoms with van der Waals surface area (Å²) < 4.78 is 79.5. The maximum atomic E-state index is 13.7. The zero-order valence-electron chi connectivity index (χ0n) is 22.2. The molecular formula is C26H31F3N2O7S. The zero-order chi connectivity index (χ0) is 29.2. The minimum absolute atomic E-state index is 0.0172. The number of amides is 1. The number of alkyl halides is 3. The number of carbonyl (C=O) groups excluding carboxylic acids is 2. The number of fused-ring (bicyclic) bond motifs is 1. The predicted molar refractivity (Wildman–Crippen MR) is 135 cm³/mol. The average Bonchev–Trinajstić information content (AvgIpc) is 2.80. The smallest absolute Gasteiger partial charge is 0.416 e. The Bertz CT molecular complexity index is 1320. The van der Waals surface area contributed by atoms with Gasteiger partial charge in [0.05, 0.1) is 41.6 Å². The molecule has 0 fully saturated rings. The first-order valence-electron chi connectivity index (χ1n) is 12.1. The molecule has 0 aromatic heterocycles. The van der Waals surface area contributed by atoms with Crippen LogP contribution in [-0.2, 0) is 41.8 Å². The number of anilines is 1. The van der Waals surface area contributed by atoms with Gasteiger partial charge in [0.2, 0.25) is 5.91 Å². The van der Waals surface area contributed by atoms with Crippen LogP contribution in [0.1, 0.15) is 52.2 Å². The molecule has 214 valence electrons. The van der Waals surface area contributed by atoms with E-state index in [0.717, 1.165) is 22.5 Å². The molecule has 1 aliphatic heterocycles. The number of esters is 1. The standard InChI is InChI=1S/C26H31F3N2O7S/c1-16(2)38-30-23(32)14-19-15-31(39(34,35)20-8-6-7-18(13-20)26(27,28)29)21-11-17(9-10-22(21)36-19)12-24(33)37-25(3,4)5/h6-11,13,16,19H,12,14-15H2,1-5H3,(H,30,32)/t19-/m0/s1. The average molecular weight is 573 g/mol. The first-order valence-corrected chi connectivity index (χ1v) is 13.6. The van der Waals surface area contributed by atoms with Gasteiger partial charge < -0.3 is 9.47 Å². The number of hydrogen-bond acceptors (Lipinski definition) is 7. The van der Waals surface area contributed by atoms with Gasteiger partial charge in [-0.15, -0.1) is 0 Å². The fourth-order valence-electron chi connectivity index (χ4n) is 3.74. The van der Waals surface area contributed by atoms with Crippen LogP contribution in [0.4, 0.5) is 18.9 Å². The van der Waals surface area contributed by atoms with E-state index < -0.39 is 50.2 Å². The lowest BCUT2D eigenvalue weighted by Crippen LogP contribution is -2.45. The fraction of sp³-hybridized carbons (Fsp3) is 0.462. The Morgan fingerprint density at radius 3 is 2.44 bits per heavy atom. The highest BCUT2D eigenvalue weighted by molar-refractivity contribution is 7.92. The molecule has 39 heavy (non-hydrogen) atoms. The molecule has 1 N–H and O–H groups in total. The quantitative estimate of drug-likeness (QED) is 0.369. The molecule has 13 heteroatoms. The molecular weight excluding hydrogens is 541 g/mol. The van der Waals surface area contributed by atoms with Crippen molar-refractivity contribution in [3.63, 3.8) is 0 Å². The van der Waals surface area contributed by atoms with E-state index in [4.69, 9.17) is 14.3 Å². The van der Waals surface area contributed by atoms with Gasteiger partial charge in [0, 0.05) is 0 Å². The van der Waals surface area contributed by atoms with Gasteiger partial charge in [-0.05, 0) is 70.5 Å². The molecule has 0 radical (unpaired) electrons. The van der Waals surface area contributed by atoms with Crippen LogP contribution in [0.25, 0.3) is 0 Å². The largest absolute Gasteiger partial charge is 0.486 e. The summed E-state index contributed by atoms with van der Waals surface area (Å²) in [6.45, 7) is 8.14. The van der Waals surface area contributed by atoms with E-state index in [0.29, 0.717) is 11.6 Å². The highest BCUT2D eigenvalue weighted by Crippen LogP contribution is 2.39. The van der Waals surface area contributed by atoms with Crippen molar-refractivity contribution in [1.29, 1.82) is 0 Å². The Morgan fingerprint density at radius 2 is 1.82 bits per heavy atom. The minimum Gasteiger partial charge on any atom is -0.486 e. The van der Waals surface area contributed by atoms with E-state index in [1.165, 1.54) is 12.1 Å². The van der Waals surface area contributed by atoms with Gasteiger partial charge in [0.1, 0.15) is 17.5 Å². The van der Waals surface area contributed by atoms with Crippen molar-refractivity contribution in [3.8, 4) is 5.75 Å². The number of hydroxylamine groups is 1. The van der Waals surface area contributed by atoms with Crippen molar-refractivity contribution in [3.05, 3.63) is 53.6 Å². The molecule has 1 aliphatic rings. The van der Waals surface area contributed by atoms with Gasteiger partial charge in [-0.3, -0.25) is 18.7 Å². The summed E-state index contributed by atoms with van der Waals surface area (Å²) in [5.74, 6) is -1.05. The molecule has 0 spiro atoms. The number of rotatable bonds is 8. The second kappa shape index (κ2) is 11.4. The van der Waals surface area contributed by atoms with Crippen LogP contribution in [-0.4, -0.2) is 44.6 Å². The summed E-state index contributed by atoms with van der Waals surface area (Å²) in [5, 5.41) is 0. The van der Waals surface area contributed by atoms with Crippen molar-refractivity contribution in [2.45, 2.75) is 76.3 Å². The van der Waals surface area contributed by atoms with Crippen molar-refractivity contribution in [2.75, 3.05) is 10.8 Å². The number of nitrogens with zero attached hydrogens (tertiary/aromatic N) is 1.